The third kappa shape index (κ3) is 7.82. The third-order valence-electron chi connectivity index (χ3n) is 4.40. The van der Waals surface area contributed by atoms with E-state index in [1.165, 1.54) is 38.5 Å². The van der Waals surface area contributed by atoms with Gasteiger partial charge in [-0.1, -0.05) is 25.7 Å². The first-order valence-corrected chi connectivity index (χ1v) is 9.54. The molecule has 1 fully saturated rings. The molecule has 3 N–H and O–H groups in total. The third-order valence-corrected chi connectivity index (χ3v) is 4.40. The molecular formula is C19H31N5O2. The second-order valence-electron chi connectivity index (χ2n) is 6.41. The number of pyridine rings is 1. The molecule has 0 bridgehead atoms. The molecular weight excluding hydrogens is 330 g/mol. The Bertz CT molecular complexity index is 542. The number of amides is 1. The van der Waals surface area contributed by atoms with Crippen LogP contribution in [-0.4, -0.2) is 56.2 Å². The first-order chi connectivity index (χ1) is 12.8. The van der Waals surface area contributed by atoms with E-state index in [2.05, 4.69) is 25.9 Å². The van der Waals surface area contributed by atoms with Gasteiger partial charge in [-0.3, -0.25) is 14.8 Å². The summed E-state index contributed by atoms with van der Waals surface area (Å²) in [5, 5.41) is 9.26. The monoisotopic (exact) mass is 361 g/mol. The fourth-order valence-corrected chi connectivity index (χ4v) is 2.98. The lowest BCUT2D eigenvalue weighted by molar-refractivity contribution is 0.0468. The van der Waals surface area contributed by atoms with Crippen LogP contribution < -0.4 is 16.0 Å². The van der Waals surface area contributed by atoms with Gasteiger partial charge in [0.2, 0.25) is 0 Å². The van der Waals surface area contributed by atoms with Gasteiger partial charge in [0.15, 0.2) is 5.96 Å². The Hall–Kier alpha value is -2.15. The van der Waals surface area contributed by atoms with Crippen LogP contribution in [0.15, 0.2) is 29.5 Å². The summed E-state index contributed by atoms with van der Waals surface area (Å²) in [6.45, 7) is 2.50. The molecule has 1 aromatic heterocycles. The zero-order chi connectivity index (χ0) is 18.5. The van der Waals surface area contributed by atoms with Crippen LogP contribution in [0.5, 0.6) is 0 Å². The molecule has 0 aliphatic heterocycles. The van der Waals surface area contributed by atoms with E-state index in [1.54, 1.807) is 31.6 Å². The maximum absolute atomic E-state index is 11.9. The van der Waals surface area contributed by atoms with E-state index in [0.29, 0.717) is 37.3 Å². The molecule has 0 atom stereocenters. The van der Waals surface area contributed by atoms with E-state index >= 15 is 0 Å². The summed E-state index contributed by atoms with van der Waals surface area (Å²) in [7, 11) is 1.73. The Balaban J connectivity index is 1.54. The topological polar surface area (TPSA) is 87.6 Å². The number of rotatable bonds is 8. The largest absolute Gasteiger partial charge is 0.376 e. The van der Waals surface area contributed by atoms with E-state index in [9.17, 15) is 4.79 Å². The van der Waals surface area contributed by atoms with Crippen molar-refractivity contribution in [3.05, 3.63) is 30.1 Å². The van der Waals surface area contributed by atoms with Gasteiger partial charge in [0, 0.05) is 39.1 Å². The summed E-state index contributed by atoms with van der Waals surface area (Å²) in [6, 6.07) is 3.49. The summed E-state index contributed by atoms with van der Waals surface area (Å²) in [4.78, 5) is 20.0. The Morgan fingerprint density at radius 3 is 2.58 bits per heavy atom. The standard InChI is InChI=1S/C19H31N5O2/c1-20-19(24-13-14-26-17-8-4-2-3-5-9-17)23-12-11-22-18(25)16-7-6-10-21-15-16/h6-7,10,15,17H,2-5,8-9,11-14H2,1H3,(H,22,25)(H2,20,23,24). The number of nitrogens with zero attached hydrogens (tertiary/aromatic N) is 2. The summed E-state index contributed by atoms with van der Waals surface area (Å²) >= 11 is 0. The molecule has 1 aliphatic carbocycles. The van der Waals surface area contributed by atoms with Gasteiger partial charge in [-0.2, -0.15) is 0 Å². The van der Waals surface area contributed by atoms with Crippen LogP contribution in [0.1, 0.15) is 48.9 Å². The molecule has 1 aliphatic rings. The molecule has 0 aromatic carbocycles. The van der Waals surface area contributed by atoms with E-state index in [4.69, 9.17) is 4.74 Å². The van der Waals surface area contributed by atoms with Crippen LogP contribution >= 0.6 is 0 Å². The number of carbonyl (C=O) groups excluding carboxylic acids is 1. The van der Waals surface area contributed by atoms with Crippen LogP contribution in [0.2, 0.25) is 0 Å². The summed E-state index contributed by atoms with van der Waals surface area (Å²) in [5.41, 5.74) is 0.561. The average molecular weight is 361 g/mol. The predicted octanol–water partition coefficient (Wildman–Crippen LogP) is 1.72. The molecule has 1 heterocycles. The highest BCUT2D eigenvalue weighted by molar-refractivity contribution is 5.93. The maximum atomic E-state index is 11.9. The quantitative estimate of drug-likeness (QED) is 0.284. The number of nitrogens with one attached hydrogen (secondary N) is 3. The molecule has 0 radical (unpaired) electrons. The van der Waals surface area contributed by atoms with Gasteiger partial charge in [0.25, 0.3) is 5.91 Å². The highest BCUT2D eigenvalue weighted by Crippen LogP contribution is 2.19. The minimum Gasteiger partial charge on any atom is -0.376 e. The number of aromatic nitrogens is 1. The predicted molar refractivity (Wildman–Crippen MR) is 103 cm³/mol. The van der Waals surface area contributed by atoms with Crippen molar-refractivity contribution in [2.45, 2.75) is 44.6 Å². The normalized spacial score (nSPS) is 16.0. The van der Waals surface area contributed by atoms with Crippen molar-refractivity contribution in [2.75, 3.05) is 33.3 Å². The lowest BCUT2D eigenvalue weighted by Crippen LogP contribution is -2.42. The average Bonchev–Trinajstić information content (AvgIpc) is 2.96. The van der Waals surface area contributed by atoms with Gasteiger partial charge < -0.3 is 20.7 Å². The minimum absolute atomic E-state index is 0.125. The van der Waals surface area contributed by atoms with Gasteiger partial charge in [-0.25, -0.2) is 0 Å². The highest BCUT2D eigenvalue weighted by atomic mass is 16.5. The van der Waals surface area contributed by atoms with E-state index < -0.39 is 0 Å². The molecule has 144 valence electrons. The molecule has 0 spiro atoms. The van der Waals surface area contributed by atoms with Gasteiger partial charge in [0.05, 0.1) is 18.3 Å². The Morgan fingerprint density at radius 2 is 1.88 bits per heavy atom. The van der Waals surface area contributed by atoms with Crippen molar-refractivity contribution < 1.29 is 9.53 Å². The zero-order valence-electron chi connectivity index (χ0n) is 15.7. The van der Waals surface area contributed by atoms with Crippen LogP contribution in [-0.2, 0) is 4.74 Å². The van der Waals surface area contributed by atoms with Gasteiger partial charge in [-0.15, -0.1) is 0 Å². The van der Waals surface area contributed by atoms with Crippen LogP contribution in [0.3, 0.4) is 0 Å². The number of hydrogen-bond donors (Lipinski definition) is 3. The fourth-order valence-electron chi connectivity index (χ4n) is 2.98. The molecule has 7 nitrogen and oxygen atoms in total. The van der Waals surface area contributed by atoms with Gasteiger partial charge in [0.1, 0.15) is 0 Å². The van der Waals surface area contributed by atoms with E-state index in [0.717, 1.165) is 6.54 Å². The first kappa shape index (κ1) is 20.2. The van der Waals surface area contributed by atoms with Crippen LogP contribution in [0.4, 0.5) is 0 Å². The Kier molecular flexibility index (Phi) is 9.50. The first-order valence-electron chi connectivity index (χ1n) is 9.54. The number of carbonyl (C=O) groups is 1. The molecule has 1 amide bonds. The Labute approximate surface area is 156 Å². The molecule has 26 heavy (non-hydrogen) atoms. The van der Waals surface area contributed by atoms with Crippen molar-refractivity contribution in [3.63, 3.8) is 0 Å². The molecule has 0 saturated heterocycles. The lowest BCUT2D eigenvalue weighted by Gasteiger charge is -2.17. The SMILES string of the molecule is CN=C(NCCNC(=O)c1cccnc1)NCCOC1CCCCCC1. The number of ether oxygens (including phenoxy) is 1. The van der Waals surface area contributed by atoms with E-state index in [-0.39, 0.29) is 5.91 Å². The smallest absolute Gasteiger partial charge is 0.252 e. The maximum Gasteiger partial charge on any atom is 0.252 e. The van der Waals surface area contributed by atoms with Crippen molar-refractivity contribution in [1.29, 1.82) is 0 Å². The molecule has 0 unspecified atom stereocenters. The van der Waals surface area contributed by atoms with Crippen molar-refractivity contribution in [3.8, 4) is 0 Å². The van der Waals surface area contributed by atoms with Gasteiger partial charge in [-0.05, 0) is 25.0 Å². The second-order valence-corrected chi connectivity index (χ2v) is 6.41. The molecule has 1 aromatic rings. The molecule has 1 saturated carbocycles. The number of aliphatic imine (C=N–C) groups is 1. The van der Waals surface area contributed by atoms with Gasteiger partial charge >= 0.3 is 0 Å². The molecule has 2 rings (SSSR count). The van der Waals surface area contributed by atoms with Crippen molar-refractivity contribution >= 4 is 11.9 Å². The van der Waals surface area contributed by atoms with Crippen LogP contribution in [0, 0.1) is 0 Å². The number of guanidine groups is 1. The summed E-state index contributed by atoms with van der Waals surface area (Å²) in [5.74, 6) is 0.588. The Morgan fingerprint density at radius 1 is 1.15 bits per heavy atom. The number of hydrogen-bond acceptors (Lipinski definition) is 4. The zero-order valence-corrected chi connectivity index (χ0v) is 15.7. The van der Waals surface area contributed by atoms with Crippen molar-refractivity contribution in [2.24, 2.45) is 4.99 Å². The highest BCUT2D eigenvalue weighted by Gasteiger charge is 2.12. The minimum atomic E-state index is -0.125. The summed E-state index contributed by atoms with van der Waals surface area (Å²) < 4.78 is 5.96. The lowest BCUT2D eigenvalue weighted by atomic mass is 10.1. The van der Waals surface area contributed by atoms with Crippen LogP contribution in [0.25, 0.3) is 0 Å². The van der Waals surface area contributed by atoms with E-state index in [1.807, 2.05) is 0 Å². The molecule has 7 heteroatoms. The van der Waals surface area contributed by atoms with Crippen molar-refractivity contribution in [1.82, 2.24) is 20.9 Å². The fraction of sp³-hybridized carbons (Fsp3) is 0.632. The second kappa shape index (κ2) is 12.2. The summed E-state index contributed by atoms with van der Waals surface area (Å²) in [6.07, 6.45) is 11.2.